The number of carbonyl (C=O) groups is 1. The maximum absolute atomic E-state index is 12.4. The number of aromatic nitrogens is 2. The van der Waals surface area contributed by atoms with Crippen LogP contribution in [0.4, 0.5) is 11.5 Å². The molecular formula is C18H22N4O. The number of para-hydroxylation sites is 1. The zero-order chi connectivity index (χ0) is 16.4. The molecule has 0 unspecified atom stereocenters. The Morgan fingerprint density at radius 3 is 2.65 bits per heavy atom. The predicted molar refractivity (Wildman–Crippen MR) is 91.1 cm³/mol. The number of hydrogen-bond acceptors (Lipinski definition) is 4. The van der Waals surface area contributed by atoms with Gasteiger partial charge in [0.2, 0.25) is 0 Å². The highest BCUT2D eigenvalue weighted by Gasteiger charge is 2.24. The van der Waals surface area contributed by atoms with E-state index in [1.807, 2.05) is 37.4 Å². The number of rotatable bonds is 4. The van der Waals surface area contributed by atoms with Crippen molar-refractivity contribution in [2.45, 2.75) is 32.1 Å². The van der Waals surface area contributed by atoms with Gasteiger partial charge in [0.25, 0.3) is 5.91 Å². The highest BCUT2D eigenvalue weighted by atomic mass is 16.2. The van der Waals surface area contributed by atoms with Gasteiger partial charge in [-0.15, -0.1) is 0 Å². The summed E-state index contributed by atoms with van der Waals surface area (Å²) in [6.45, 7) is 1.88. The molecule has 1 saturated carbocycles. The van der Waals surface area contributed by atoms with Gasteiger partial charge in [0.15, 0.2) is 0 Å². The highest BCUT2D eigenvalue weighted by molar-refractivity contribution is 6.00. The summed E-state index contributed by atoms with van der Waals surface area (Å²) in [6, 6.07) is 7.55. The molecule has 5 heteroatoms. The van der Waals surface area contributed by atoms with Crippen molar-refractivity contribution < 1.29 is 4.79 Å². The molecule has 3 rings (SSSR count). The molecule has 0 radical (unpaired) electrons. The highest BCUT2D eigenvalue weighted by Crippen LogP contribution is 2.39. The van der Waals surface area contributed by atoms with E-state index in [4.69, 9.17) is 0 Å². The van der Waals surface area contributed by atoms with Crippen LogP contribution in [0.2, 0.25) is 0 Å². The van der Waals surface area contributed by atoms with Crippen LogP contribution in [0, 0.1) is 6.92 Å². The minimum atomic E-state index is -0.0240. The van der Waals surface area contributed by atoms with E-state index in [1.54, 1.807) is 19.0 Å². The summed E-state index contributed by atoms with van der Waals surface area (Å²) < 4.78 is 0. The number of benzene rings is 1. The van der Waals surface area contributed by atoms with Crippen LogP contribution in [0.5, 0.6) is 0 Å². The molecule has 23 heavy (non-hydrogen) atoms. The normalized spacial score (nSPS) is 14.2. The van der Waals surface area contributed by atoms with Crippen molar-refractivity contribution in [2.75, 3.05) is 19.4 Å². The molecular weight excluding hydrogens is 288 g/mol. The second-order valence-electron chi connectivity index (χ2n) is 6.22. The number of anilines is 2. The smallest absolute Gasteiger partial charge is 0.255 e. The van der Waals surface area contributed by atoms with Crippen molar-refractivity contribution in [3.63, 3.8) is 0 Å². The van der Waals surface area contributed by atoms with Crippen molar-refractivity contribution in [1.29, 1.82) is 0 Å². The van der Waals surface area contributed by atoms with E-state index in [0.717, 1.165) is 22.9 Å². The Bertz CT molecular complexity index is 723. The second-order valence-corrected chi connectivity index (χ2v) is 6.22. The third-order valence-electron chi connectivity index (χ3n) is 4.30. The van der Waals surface area contributed by atoms with Gasteiger partial charge in [0.05, 0.1) is 11.3 Å². The van der Waals surface area contributed by atoms with Crippen LogP contribution in [0.3, 0.4) is 0 Å². The topological polar surface area (TPSA) is 58.1 Å². The van der Waals surface area contributed by atoms with Crippen LogP contribution in [-0.2, 0) is 0 Å². The molecule has 5 nitrogen and oxygen atoms in total. The predicted octanol–water partition coefficient (Wildman–Crippen LogP) is 3.50. The van der Waals surface area contributed by atoms with E-state index in [2.05, 4.69) is 15.3 Å². The summed E-state index contributed by atoms with van der Waals surface area (Å²) in [4.78, 5) is 22.9. The van der Waals surface area contributed by atoms with E-state index < -0.39 is 0 Å². The molecule has 0 saturated heterocycles. The zero-order valence-corrected chi connectivity index (χ0v) is 13.8. The van der Waals surface area contributed by atoms with Gasteiger partial charge in [0.1, 0.15) is 11.6 Å². The monoisotopic (exact) mass is 310 g/mol. The van der Waals surface area contributed by atoms with Crippen molar-refractivity contribution in [2.24, 2.45) is 0 Å². The van der Waals surface area contributed by atoms with Crippen LogP contribution in [0.1, 0.15) is 46.9 Å². The lowest BCUT2D eigenvalue weighted by atomic mass is 9.80. The third-order valence-corrected chi connectivity index (χ3v) is 4.30. The van der Waals surface area contributed by atoms with Crippen molar-refractivity contribution >= 4 is 17.4 Å². The van der Waals surface area contributed by atoms with Gasteiger partial charge in [-0.05, 0) is 37.8 Å². The molecule has 0 atom stereocenters. The lowest BCUT2D eigenvalue weighted by Gasteiger charge is -2.27. The fourth-order valence-electron chi connectivity index (χ4n) is 2.74. The molecule has 1 fully saturated rings. The van der Waals surface area contributed by atoms with E-state index >= 15 is 0 Å². The van der Waals surface area contributed by atoms with Gasteiger partial charge < -0.3 is 10.2 Å². The Hall–Kier alpha value is -2.43. The molecule has 1 aliphatic rings. The summed E-state index contributed by atoms with van der Waals surface area (Å²) in [5.74, 6) is 2.05. The molecule has 1 aromatic heterocycles. The first-order chi connectivity index (χ1) is 11.1. The largest absolute Gasteiger partial charge is 0.345 e. The van der Waals surface area contributed by atoms with Gasteiger partial charge in [-0.25, -0.2) is 9.97 Å². The van der Waals surface area contributed by atoms with Gasteiger partial charge in [-0.3, -0.25) is 4.79 Å². The van der Waals surface area contributed by atoms with Gasteiger partial charge in [-0.2, -0.15) is 0 Å². The van der Waals surface area contributed by atoms with E-state index in [9.17, 15) is 4.79 Å². The maximum atomic E-state index is 12.4. The van der Waals surface area contributed by atoms with Crippen LogP contribution >= 0.6 is 0 Å². The van der Waals surface area contributed by atoms with E-state index in [-0.39, 0.29) is 5.91 Å². The molecule has 0 spiro atoms. The van der Waals surface area contributed by atoms with Gasteiger partial charge in [0, 0.05) is 25.9 Å². The average molecular weight is 310 g/mol. The first kappa shape index (κ1) is 15.5. The molecule has 1 N–H and O–H groups in total. The second kappa shape index (κ2) is 6.36. The SMILES string of the molecule is Cc1ncc(C2CCC2)c(Nc2ccccc2C(=O)N(C)C)n1. The molecule has 1 aromatic carbocycles. The van der Waals surface area contributed by atoms with Gasteiger partial charge >= 0.3 is 0 Å². The molecule has 2 aromatic rings. The Morgan fingerprint density at radius 1 is 1.26 bits per heavy atom. The molecule has 0 aliphatic heterocycles. The van der Waals surface area contributed by atoms with E-state index in [1.165, 1.54) is 19.3 Å². The number of hydrogen-bond donors (Lipinski definition) is 1. The standard InChI is InChI=1S/C18H22N4O/c1-12-19-11-15(13-7-6-8-13)17(20-12)21-16-10-5-4-9-14(16)18(23)22(2)3/h4-5,9-11,13H,6-8H2,1-3H3,(H,19,20,21). The fourth-order valence-corrected chi connectivity index (χ4v) is 2.74. The average Bonchev–Trinajstić information content (AvgIpc) is 2.48. The van der Waals surface area contributed by atoms with Crippen LogP contribution in [0.15, 0.2) is 30.5 Å². The zero-order valence-electron chi connectivity index (χ0n) is 13.8. The Morgan fingerprint density at radius 2 is 2.00 bits per heavy atom. The molecule has 0 bridgehead atoms. The number of nitrogens with zero attached hydrogens (tertiary/aromatic N) is 3. The lowest BCUT2D eigenvalue weighted by molar-refractivity contribution is 0.0828. The Labute approximate surface area is 136 Å². The Kier molecular flexibility index (Phi) is 4.28. The summed E-state index contributed by atoms with van der Waals surface area (Å²) in [6.07, 6.45) is 5.54. The Balaban J connectivity index is 1.96. The molecule has 120 valence electrons. The molecule has 1 heterocycles. The first-order valence-electron chi connectivity index (χ1n) is 7.97. The summed E-state index contributed by atoms with van der Waals surface area (Å²) in [5, 5.41) is 3.37. The van der Waals surface area contributed by atoms with E-state index in [0.29, 0.717) is 11.5 Å². The third kappa shape index (κ3) is 3.18. The summed E-state index contributed by atoms with van der Waals surface area (Å²) in [5.41, 5.74) is 2.58. The molecule has 1 amide bonds. The number of aryl methyl sites for hydroxylation is 1. The summed E-state index contributed by atoms with van der Waals surface area (Å²) >= 11 is 0. The number of amides is 1. The van der Waals surface area contributed by atoms with Gasteiger partial charge in [-0.1, -0.05) is 18.6 Å². The maximum Gasteiger partial charge on any atom is 0.255 e. The number of carbonyl (C=O) groups excluding carboxylic acids is 1. The molecule has 1 aliphatic carbocycles. The number of nitrogens with one attached hydrogen (secondary N) is 1. The van der Waals surface area contributed by atoms with Crippen molar-refractivity contribution in [1.82, 2.24) is 14.9 Å². The minimum Gasteiger partial charge on any atom is -0.345 e. The summed E-state index contributed by atoms with van der Waals surface area (Å²) in [7, 11) is 3.52. The quantitative estimate of drug-likeness (QED) is 0.939. The first-order valence-corrected chi connectivity index (χ1v) is 7.97. The van der Waals surface area contributed by atoms with Crippen molar-refractivity contribution in [3.05, 3.63) is 47.4 Å². The fraction of sp³-hybridized carbons (Fsp3) is 0.389. The van der Waals surface area contributed by atoms with Crippen molar-refractivity contribution in [3.8, 4) is 0 Å². The lowest BCUT2D eigenvalue weighted by Crippen LogP contribution is -2.23. The van der Waals surface area contributed by atoms with Crippen LogP contribution in [0.25, 0.3) is 0 Å². The van der Waals surface area contributed by atoms with Crippen LogP contribution < -0.4 is 5.32 Å². The van der Waals surface area contributed by atoms with Crippen LogP contribution in [-0.4, -0.2) is 34.9 Å². The minimum absolute atomic E-state index is 0.0240.